The Hall–Kier alpha value is -0.960. The molecule has 0 atom stereocenters. The summed E-state index contributed by atoms with van der Waals surface area (Å²) >= 11 is 11.3. The summed E-state index contributed by atoms with van der Waals surface area (Å²) in [6.45, 7) is 0. The van der Waals surface area contributed by atoms with Gasteiger partial charge in [-0.2, -0.15) is 0 Å². The second-order valence-corrected chi connectivity index (χ2v) is 8.18. The Bertz CT molecular complexity index is 800. The van der Waals surface area contributed by atoms with Crippen LogP contribution in [0.15, 0.2) is 41.1 Å². The van der Waals surface area contributed by atoms with E-state index in [1.165, 1.54) is 22.7 Å². The highest BCUT2D eigenvalue weighted by Gasteiger charge is 2.12. The van der Waals surface area contributed by atoms with Crippen LogP contribution in [0.2, 0.25) is 5.02 Å². The zero-order chi connectivity index (χ0) is 14.8. The van der Waals surface area contributed by atoms with Crippen molar-refractivity contribution >= 4 is 67.9 Å². The van der Waals surface area contributed by atoms with Crippen LogP contribution in [0.25, 0.3) is 11.3 Å². The molecule has 21 heavy (non-hydrogen) atoms. The SMILES string of the molecule is O=C(Nc1nc(-c2ccccc2Cl)cs1)c1csc(I)c1. The van der Waals surface area contributed by atoms with Gasteiger partial charge in [0.15, 0.2) is 5.13 Å². The maximum Gasteiger partial charge on any atom is 0.258 e. The van der Waals surface area contributed by atoms with Crippen molar-refractivity contribution in [3.05, 3.63) is 54.6 Å². The zero-order valence-electron chi connectivity index (χ0n) is 10.5. The van der Waals surface area contributed by atoms with E-state index < -0.39 is 0 Å². The van der Waals surface area contributed by atoms with Gasteiger partial charge in [-0.1, -0.05) is 29.8 Å². The first-order valence-corrected chi connectivity index (χ1v) is 9.11. The van der Waals surface area contributed by atoms with Gasteiger partial charge < -0.3 is 0 Å². The maximum absolute atomic E-state index is 12.1. The Labute approximate surface area is 148 Å². The second kappa shape index (κ2) is 6.43. The molecule has 3 rings (SSSR count). The average molecular weight is 447 g/mol. The van der Waals surface area contributed by atoms with Gasteiger partial charge in [-0.05, 0) is 34.7 Å². The standard InChI is InChI=1S/C14H8ClIN2OS2/c15-10-4-2-1-3-9(10)11-7-21-14(17-11)18-13(19)8-5-12(16)20-6-8/h1-7H,(H,17,18,19). The average Bonchev–Trinajstić information content (AvgIpc) is 3.08. The second-order valence-electron chi connectivity index (χ2n) is 4.11. The third-order valence-electron chi connectivity index (χ3n) is 2.70. The number of nitrogens with one attached hydrogen (secondary N) is 1. The van der Waals surface area contributed by atoms with Gasteiger partial charge in [0, 0.05) is 21.3 Å². The number of benzene rings is 1. The van der Waals surface area contributed by atoms with Crippen molar-refractivity contribution < 1.29 is 4.79 Å². The number of carbonyl (C=O) groups is 1. The lowest BCUT2D eigenvalue weighted by atomic mass is 10.2. The number of halogens is 2. The van der Waals surface area contributed by atoms with E-state index in [0.717, 1.165) is 14.1 Å². The van der Waals surface area contributed by atoms with Crippen LogP contribution in [-0.4, -0.2) is 10.9 Å². The Morgan fingerprint density at radius 2 is 2.05 bits per heavy atom. The Morgan fingerprint density at radius 1 is 1.24 bits per heavy atom. The molecule has 0 bridgehead atoms. The van der Waals surface area contributed by atoms with E-state index in [9.17, 15) is 4.79 Å². The van der Waals surface area contributed by atoms with E-state index in [1.54, 1.807) is 0 Å². The van der Waals surface area contributed by atoms with Gasteiger partial charge in [-0.3, -0.25) is 10.1 Å². The van der Waals surface area contributed by atoms with Crippen molar-refractivity contribution in [1.82, 2.24) is 4.98 Å². The number of hydrogen-bond donors (Lipinski definition) is 1. The lowest BCUT2D eigenvalue weighted by molar-refractivity contribution is 0.102. The molecular formula is C14H8ClIN2OS2. The molecule has 1 aromatic carbocycles. The minimum atomic E-state index is -0.144. The minimum Gasteiger partial charge on any atom is -0.298 e. The van der Waals surface area contributed by atoms with Crippen LogP contribution in [0, 0.1) is 2.88 Å². The van der Waals surface area contributed by atoms with E-state index in [1.807, 2.05) is 41.1 Å². The van der Waals surface area contributed by atoms with Gasteiger partial charge in [-0.15, -0.1) is 22.7 Å². The van der Waals surface area contributed by atoms with Gasteiger partial charge in [-0.25, -0.2) is 4.98 Å². The summed E-state index contributed by atoms with van der Waals surface area (Å²) in [5, 5.41) is 7.74. The smallest absolute Gasteiger partial charge is 0.258 e. The highest BCUT2D eigenvalue weighted by atomic mass is 127. The fourth-order valence-corrected chi connectivity index (χ4v) is 3.99. The summed E-state index contributed by atoms with van der Waals surface area (Å²) in [5.74, 6) is -0.144. The number of amides is 1. The van der Waals surface area contributed by atoms with Crippen LogP contribution in [0.4, 0.5) is 5.13 Å². The molecule has 0 aliphatic carbocycles. The van der Waals surface area contributed by atoms with Gasteiger partial charge in [0.2, 0.25) is 0 Å². The molecule has 0 unspecified atom stereocenters. The fourth-order valence-electron chi connectivity index (χ4n) is 1.72. The quantitative estimate of drug-likeness (QED) is 0.549. The monoisotopic (exact) mass is 446 g/mol. The van der Waals surface area contributed by atoms with Crippen molar-refractivity contribution in [2.75, 3.05) is 5.32 Å². The molecule has 0 saturated carbocycles. The number of aromatic nitrogens is 1. The molecule has 1 N–H and O–H groups in total. The number of nitrogens with zero attached hydrogens (tertiary/aromatic N) is 1. The number of hydrogen-bond acceptors (Lipinski definition) is 4. The highest BCUT2D eigenvalue weighted by molar-refractivity contribution is 14.1. The van der Waals surface area contributed by atoms with E-state index in [2.05, 4.69) is 32.9 Å². The molecule has 7 heteroatoms. The van der Waals surface area contributed by atoms with Crippen LogP contribution < -0.4 is 5.32 Å². The maximum atomic E-state index is 12.1. The van der Waals surface area contributed by atoms with E-state index in [0.29, 0.717) is 15.7 Å². The van der Waals surface area contributed by atoms with E-state index in [-0.39, 0.29) is 5.91 Å². The van der Waals surface area contributed by atoms with Gasteiger partial charge in [0.1, 0.15) is 0 Å². The Balaban J connectivity index is 1.80. The van der Waals surface area contributed by atoms with Crippen molar-refractivity contribution in [3.63, 3.8) is 0 Å². The summed E-state index contributed by atoms with van der Waals surface area (Å²) in [4.78, 5) is 16.5. The first-order valence-electron chi connectivity index (χ1n) is 5.89. The molecular weight excluding hydrogens is 439 g/mol. The predicted octanol–water partition coefficient (Wildman–Crippen LogP) is 5.38. The third kappa shape index (κ3) is 3.45. The summed E-state index contributed by atoms with van der Waals surface area (Å²) in [6.07, 6.45) is 0. The van der Waals surface area contributed by atoms with Crippen LogP contribution >= 0.6 is 56.9 Å². The zero-order valence-corrected chi connectivity index (χ0v) is 15.0. The first-order chi connectivity index (χ1) is 10.1. The summed E-state index contributed by atoms with van der Waals surface area (Å²) in [7, 11) is 0. The van der Waals surface area contributed by atoms with Crippen LogP contribution in [0.5, 0.6) is 0 Å². The van der Waals surface area contributed by atoms with Crippen LogP contribution in [0.3, 0.4) is 0 Å². The third-order valence-corrected chi connectivity index (χ3v) is 5.58. The Morgan fingerprint density at radius 3 is 2.76 bits per heavy atom. The Kier molecular flexibility index (Phi) is 4.58. The minimum absolute atomic E-state index is 0.144. The first kappa shape index (κ1) is 15.0. The van der Waals surface area contributed by atoms with Crippen LogP contribution in [0.1, 0.15) is 10.4 Å². The summed E-state index contributed by atoms with van der Waals surface area (Å²) in [6, 6.07) is 9.36. The molecule has 3 nitrogen and oxygen atoms in total. The molecule has 0 spiro atoms. The van der Waals surface area contributed by atoms with Gasteiger partial charge in [0.05, 0.1) is 14.1 Å². The molecule has 0 fully saturated rings. The fraction of sp³-hybridized carbons (Fsp3) is 0. The molecule has 3 aromatic rings. The molecule has 0 radical (unpaired) electrons. The lowest BCUT2D eigenvalue weighted by Crippen LogP contribution is -2.10. The normalized spacial score (nSPS) is 10.6. The van der Waals surface area contributed by atoms with Crippen LogP contribution in [-0.2, 0) is 0 Å². The van der Waals surface area contributed by atoms with Crippen molar-refractivity contribution in [3.8, 4) is 11.3 Å². The molecule has 0 aliphatic rings. The highest BCUT2D eigenvalue weighted by Crippen LogP contribution is 2.30. The van der Waals surface area contributed by atoms with Gasteiger partial charge >= 0.3 is 0 Å². The molecule has 0 aliphatic heterocycles. The summed E-state index contributed by atoms with van der Waals surface area (Å²) in [5.41, 5.74) is 2.28. The topological polar surface area (TPSA) is 42.0 Å². The van der Waals surface area contributed by atoms with E-state index in [4.69, 9.17) is 11.6 Å². The lowest BCUT2D eigenvalue weighted by Gasteiger charge is -2.00. The number of thiazole rings is 1. The predicted molar refractivity (Wildman–Crippen MR) is 97.5 cm³/mol. The van der Waals surface area contributed by atoms with Gasteiger partial charge in [0.25, 0.3) is 5.91 Å². The number of thiophene rings is 1. The van der Waals surface area contributed by atoms with Crippen molar-refractivity contribution in [2.45, 2.75) is 0 Å². The number of anilines is 1. The molecule has 2 heterocycles. The molecule has 1 amide bonds. The molecule has 2 aromatic heterocycles. The molecule has 0 saturated heterocycles. The summed E-state index contributed by atoms with van der Waals surface area (Å²) < 4.78 is 1.08. The number of carbonyl (C=O) groups excluding carboxylic acids is 1. The van der Waals surface area contributed by atoms with Crippen molar-refractivity contribution in [2.24, 2.45) is 0 Å². The molecule has 106 valence electrons. The number of rotatable bonds is 3. The van der Waals surface area contributed by atoms with E-state index >= 15 is 0 Å². The largest absolute Gasteiger partial charge is 0.298 e. The van der Waals surface area contributed by atoms with Crippen molar-refractivity contribution in [1.29, 1.82) is 0 Å².